The minimum atomic E-state index is -1.63. The van der Waals surface area contributed by atoms with E-state index in [-0.39, 0.29) is 29.1 Å². The van der Waals surface area contributed by atoms with E-state index in [9.17, 15) is 22.4 Å². The van der Waals surface area contributed by atoms with E-state index in [1.807, 2.05) is 6.92 Å². The number of urea groups is 1. The van der Waals surface area contributed by atoms with Crippen LogP contribution in [0.1, 0.15) is 12.5 Å². The first kappa shape index (κ1) is 23.9. The van der Waals surface area contributed by atoms with Crippen LogP contribution < -0.4 is 15.5 Å². The normalized spacial score (nSPS) is 11.7. The van der Waals surface area contributed by atoms with Gasteiger partial charge in [-0.3, -0.25) is 0 Å². The molecule has 0 bridgehead atoms. The average molecular weight is 463 g/mol. The highest BCUT2D eigenvalue weighted by Crippen LogP contribution is 2.25. The van der Waals surface area contributed by atoms with Gasteiger partial charge in [0.2, 0.25) is 5.95 Å². The fourth-order valence-corrected chi connectivity index (χ4v) is 2.95. The molecule has 0 fully saturated rings. The minimum absolute atomic E-state index is 0.130. The van der Waals surface area contributed by atoms with Crippen molar-refractivity contribution in [1.82, 2.24) is 15.3 Å². The number of nitrogens with one attached hydrogen (secondary N) is 2. The minimum Gasteiger partial charge on any atom is -0.383 e. The Labute approximate surface area is 187 Å². The molecule has 174 valence electrons. The van der Waals surface area contributed by atoms with Gasteiger partial charge in [-0.15, -0.1) is 0 Å². The van der Waals surface area contributed by atoms with E-state index in [1.54, 1.807) is 7.11 Å². The highest BCUT2D eigenvalue weighted by molar-refractivity contribution is 5.98. The maximum absolute atomic E-state index is 14.0. The van der Waals surface area contributed by atoms with Crippen molar-refractivity contribution in [3.05, 3.63) is 77.5 Å². The fourth-order valence-electron chi connectivity index (χ4n) is 2.95. The largest absolute Gasteiger partial charge is 0.383 e. The SMILES string of the molecule is COC[C@H](C)Nc1nccc(N(C(=O)NCc2ccc(F)c(F)c2F)c2ccc(F)cc2)n1. The highest BCUT2D eigenvalue weighted by Gasteiger charge is 2.22. The molecule has 11 heteroatoms. The number of carbonyl (C=O) groups is 1. The molecule has 0 radical (unpaired) electrons. The number of nitrogens with zero attached hydrogens (tertiary/aromatic N) is 3. The molecule has 1 atom stereocenters. The molecular formula is C22H21F4N5O2. The molecule has 0 aliphatic carbocycles. The molecule has 33 heavy (non-hydrogen) atoms. The van der Waals surface area contributed by atoms with Gasteiger partial charge in [-0.25, -0.2) is 32.2 Å². The standard InChI is InChI=1S/C22H21F4N5O2/c1-13(12-33-2)29-21-27-10-9-18(30-21)31(16-6-4-15(23)5-7-16)22(32)28-11-14-3-8-17(24)20(26)19(14)25/h3-10,13H,11-12H2,1-2H3,(H,28,32)(H,27,29,30)/t13-/m0/s1. The second kappa shape index (κ2) is 10.7. The van der Waals surface area contributed by atoms with Crippen LogP contribution in [-0.2, 0) is 11.3 Å². The van der Waals surface area contributed by atoms with Crippen molar-refractivity contribution in [3.63, 3.8) is 0 Å². The third kappa shape index (κ3) is 5.95. The molecule has 1 heterocycles. The number of aromatic nitrogens is 2. The number of rotatable bonds is 8. The summed E-state index contributed by atoms with van der Waals surface area (Å²) in [5, 5.41) is 5.46. The van der Waals surface area contributed by atoms with E-state index >= 15 is 0 Å². The lowest BCUT2D eigenvalue weighted by Crippen LogP contribution is -2.37. The third-order valence-corrected chi connectivity index (χ3v) is 4.50. The number of methoxy groups -OCH3 is 1. The van der Waals surface area contributed by atoms with Crippen LogP contribution in [0.15, 0.2) is 48.7 Å². The number of ether oxygens (including phenoxy) is 1. The summed E-state index contributed by atoms with van der Waals surface area (Å²) in [5.74, 6) is -4.53. The molecule has 0 saturated carbocycles. The Kier molecular flexibility index (Phi) is 7.78. The summed E-state index contributed by atoms with van der Waals surface area (Å²) in [6.07, 6.45) is 1.42. The summed E-state index contributed by atoms with van der Waals surface area (Å²) in [5.41, 5.74) is 0.00832. The summed E-state index contributed by atoms with van der Waals surface area (Å²) in [6, 6.07) is 7.38. The van der Waals surface area contributed by atoms with E-state index in [0.29, 0.717) is 6.61 Å². The lowest BCUT2D eigenvalue weighted by atomic mass is 10.2. The predicted octanol–water partition coefficient (Wildman–Crippen LogP) is 4.53. The third-order valence-electron chi connectivity index (χ3n) is 4.50. The van der Waals surface area contributed by atoms with Gasteiger partial charge in [0.05, 0.1) is 12.3 Å². The number of carbonyl (C=O) groups excluding carboxylic acids is 1. The molecule has 3 aromatic rings. The fraction of sp³-hybridized carbons (Fsp3) is 0.227. The number of amides is 2. The van der Waals surface area contributed by atoms with Crippen molar-refractivity contribution in [1.29, 1.82) is 0 Å². The van der Waals surface area contributed by atoms with E-state index in [2.05, 4.69) is 20.6 Å². The Morgan fingerprint density at radius 3 is 2.48 bits per heavy atom. The molecule has 0 unspecified atom stereocenters. The van der Waals surface area contributed by atoms with Crippen LogP contribution in [0, 0.1) is 23.3 Å². The van der Waals surface area contributed by atoms with Crippen LogP contribution in [0.2, 0.25) is 0 Å². The smallest absolute Gasteiger partial charge is 0.327 e. The molecule has 3 rings (SSSR count). The Morgan fingerprint density at radius 1 is 1.06 bits per heavy atom. The first-order valence-corrected chi connectivity index (χ1v) is 9.84. The van der Waals surface area contributed by atoms with Crippen molar-refractivity contribution in [2.75, 3.05) is 23.9 Å². The van der Waals surface area contributed by atoms with Crippen LogP contribution in [0.3, 0.4) is 0 Å². The maximum atomic E-state index is 14.0. The number of benzene rings is 2. The summed E-state index contributed by atoms with van der Waals surface area (Å²) in [4.78, 5) is 22.6. The lowest BCUT2D eigenvalue weighted by Gasteiger charge is -2.23. The van der Waals surface area contributed by atoms with Crippen molar-refractivity contribution < 1.29 is 27.1 Å². The van der Waals surface area contributed by atoms with E-state index in [4.69, 9.17) is 4.74 Å². The molecule has 2 aromatic carbocycles. The van der Waals surface area contributed by atoms with Crippen LogP contribution >= 0.6 is 0 Å². The highest BCUT2D eigenvalue weighted by atomic mass is 19.2. The number of halogens is 4. The van der Waals surface area contributed by atoms with Crippen LogP contribution in [0.5, 0.6) is 0 Å². The molecule has 7 nitrogen and oxygen atoms in total. The predicted molar refractivity (Wildman–Crippen MR) is 114 cm³/mol. The zero-order valence-electron chi connectivity index (χ0n) is 17.8. The van der Waals surface area contributed by atoms with Crippen LogP contribution in [0.25, 0.3) is 0 Å². The number of hydrogen-bond acceptors (Lipinski definition) is 5. The lowest BCUT2D eigenvalue weighted by molar-refractivity contribution is 0.190. The van der Waals surface area contributed by atoms with Gasteiger partial charge in [0.15, 0.2) is 17.5 Å². The second-order valence-electron chi connectivity index (χ2n) is 7.04. The first-order valence-electron chi connectivity index (χ1n) is 9.84. The van der Waals surface area contributed by atoms with Gasteiger partial charge < -0.3 is 15.4 Å². The molecule has 0 spiro atoms. The zero-order chi connectivity index (χ0) is 24.0. The Bertz CT molecular complexity index is 1110. The summed E-state index contributed by atoms with van der Waals surface area (Å²) >= 11 is 0. The van der Waals surface area contributed by atoms with Gasteiger partial charge >= 0.3 is 6.03 Å². The Balaban J connectivity index is 1.88. The molecule has 1 aromatic heterocycles. The van der Waals surface area contributed by atoms with Crippen molar-refractivity contribution >= 4 is 23.5 Å². The van der Waals surface area contributed by atoms with Gasteiger partial charge in [0, 0.05) is 37.5 Å². The number of hydrogen-bond donors (Lipinski definition) is 2. The second-order valence-corrected chi connectivity index (χ2v) is 7.04. The van der Waals surface area contributed by atoms with Gasteiger partial charge in [-0.1, -0.05) is 6.07 Å². The van der Waals surface area contributed by atoms with Gasteiger partial charge in [0.25, 0.3) is 0 Å². The maximum Gasteiger partial charge on any atom is 0.327 e. The molecule has 2 amide bonds. The van der Waals surface area contributed by atoms with Crippen molar-refractivity contribution in [2.24, 2.45) is 0 Å². The zero-order valence-corrected chi connectivity index (χ0v) is 17.8. The molecule has 0 aliphatic rings. The molecular weight excluding hydrogens is 442 g/mol. The molecule has 2 N–H and O–H groups in total. The first-order chi connectivity index (χ1) is 15.8. The topological polar surface area (TPSA) is 79.4 Å². The van der Waals surface area contributed by atoms with E-state index < -0.39 is 35.8 Å². The summed E-state index contributed by atoms with van der Waals surface area (Å²) in [7, 11) is 1.55. The van der Waals surface area contributed by atoms with Gasteiger partial charge in [0.1, 0.15) is 11.6 Å². The Morgan fingerprint density at radius 2 is 1.79 bits per heavy atom. The molecule has 0 saturated heterocycles. The average Bonchev–Trinajstić information content (AvgIpc) is 2.79. The molecule has 0 aliphatic heterocycles. The van der Waals surface area contributed by atoms with E-state index in [1.165, 1.54) is 24.4 Å². The van der Waals surface area contributed by atoms with Gasteiger partial charge in [-0.05, 0) is 37.3 Å². The quantitative estimate of drug-likeness (QED) is 0.379. The van der Waals surface area contributed by atoms with Crippen molar-refractivity contribution in [2.45, 2.75) is 19.5 Å². The Hall–Kier alpha value is -3.73. The van der Waals surface area contributed by atoms with Crippen LogP contribution in [0.4, 0.5) is 39.8 Å². The number of anilines is 3. The van der Waals surface area contributed by atoms with Crippen LogP contribution in [-0.4, -0.2) is 35.8 Å². The van der Waals surface area contributed by atoms with Crippen molar-refractivity contribution in [3.8, 4) is 0 Å². The van der Waals surface area contributed by atoms with E-state index in [0.717, 1.165) is 29.2 Å². The summed E-state index contributed by atoms with van der Waals surface area (Å²) < 4.78 is 59.2. The van der Waals surface area contributed by atoms with Gasteiger partial charge in [-0.2, -0.15) is 4.98 Å². The summed E-state index contributed by atoms with van der Waals surface area (Å²) in [6.45, 7) is 1.80. The monoisotopic (exact) mass is 463 g/mol.